The van der Waals surface area contributed by atoms with Crippen LogP contribution in [0.1, 0.15) is 92.1 Å². The van der Waals surface area contributed by atoms with Crippen LogP contribution in [0.2, 0.25) is 0 Å². The number of halogens is 2. The molecule has 0 aliphatic heterocycles. The lowest BCUT2D eigenvalue weighted by Crippen LogP contribution is -2.14. The number of nitriles is 1. The fourth-order valence-electron chi connectivity index (χ4n) is 4.39. The molecule has 0 amide bonds. The van der Waals surface area contributed by atoms with Gasteiger partial charge in [0.15, 0.2) is 11.6 Å². The van der Waals surface area contributed by atoms with Gasteiger partial charge in [0, 0.05) is 0 Å². The van der Waals surface area contributed by atoms with E-state index in [1.165, 1.54) is 50.5 Å². The number of ether oxygens (including phenoxy) is 1. The van der Waals surface area contributed by atoms with E-state index in [1.54, 1.807) is 18.2 Å². The molecule has 31 heavy (non-hydrogen) atoms. The minimum atomic E-state index is -1.34. The van der Waals surface area contributed by atoms with Crippen LogP contribution in [0.3, 0.4) is 0 Å². The predicted octanol–water partition coefficient (Wildman–Crippen LogP) is 7.30. The van der Waals surface area contributed by atoms with Crippen LogP contribution in [-0.2, 0) is 0 Å². The molecule has 2 aromatic carbocycles. The molecule has 0 atom stereocenters. The molecule has 0 unspecified atom stereocenters. The average Bonchev–Trinajstić information content (AvgIpc) is 2.80. The molecule has 0 heterocycles. The van der Waals surface area contributed by atoms with E-state index in [0.717, 1.165) is 30.9 Å². The van der Waals surface area contributed by atoms with E-state index >= 15 is 0 Å². The number of carbonyl (C=O) groups is 1. The van der Waals surface area contributed by atoms with Crippen LogP contribution in [-0.4, -0.2) is 5.97 Å². The molecule has 0 aromatic heterocycles. The van der Waals surface area contributed by atoms with Crippen molar-refractivity contribution >= 4 is 5.97 Å². The van der Waals surface area contributed by atoms with Gasteiger partial charge in [-0.3, -0.25) is 0 Å². The number of nitrogens with zero attached hydrogens (tertiary/aromatic N) is 1. The van der Waals surface area contributed by atoms with Crippen LogP contribution in [0.4, 0.5) is 8.78 Å². The molecular weight excluding hydrogens is 396 g/mol. The van der Waals surface area contributed by atoms with Crippen LogP contribution >= 0.6 is 0 Å². The van der Waals surface area contributed by atoms with Crippen LogP contribution in [0, 0.1) is 28.9 Å². The van der Waals surface area contributed by atoms with Gasteiger partial charge in [-0.1, -0.05) is 51.2 Å². The quantitative estimate of drug-likeness (QED) is 0.253. The van der Waals surface area contributed by atoms with Gasteiger partial charge >= 0.3 is 5.97 Å². The van der Waals surface area contributed by atoms with Gasteiger partial charge in [0.2, 0.25) is 5.82 Å². The molecule has 0 N–H and O–H groups in total. The Labute approximate surface area is 183 Å². The van der Waals surface area contributed by atoms with E-state index < -0.39 is 28.9 Å². The first kappa shape index (κ1) is 22.9. The summed E-state index contributed by atoms with van der Waals surface area (Å²) in [4.78, 5) is 12.3. The summed E-state index contributed by atoms with van der Waals surface area (Å²) < 4.78 is 32.7. The molecule has 3 rings (SSSR count). The number of carbonyl (C=O) groups excluding carboxylic acids is 1. The lowest BCUT2D eigenvalue weighted by Gasteiger charge is -2.29. The first-order valence-corrected chi connectivity index (χ1v) is 11.2. The number of esters is 1. The Morgan fingerprint density at radius 3 is 2.35 bits per heavy atom. The summed E-state index contributed by atoms with van der Waals surface area (Å²) in [6.07, 6.45) is 11.5. The van der Waals surface area contributed by atoms with Crippen LogP contribution in [0.15, 0.2) is 36.4 Å². The second-order valence-corrected chi connectivity index (χ2v) is 8.43. The van der Waals surface area contributed by atoms with Crippen molar-refractivity contribution < 1.29 is 18.3 Å². The number of hydrogen-bond donors (Lipinski definition) is 0. The Bertz CT molecular complexity index is 926. The van der Waals surface area contributed by atoms with E-state index in [0.29, 0.717) is 5.92 Å². The molecule has 0 spiro atoms. The van der Waals surface area contributed by atoms with Gasteiger partial charge < -0.3 is 4.74 Å². The van der Waals surface area contributed by atoms with Gasteiger partial charge in [0.05, 0.1) is 11.1 Å². The number of rotatable bonds is 8. The summed E-state index contributed by atoms with van der Waals surface area (Å²) in [5, 5.41) is 8.73. The summed E-state index contributed by atoms with van der Waals surface area (Å²) in [5.74, 6) is -2.60. The van der Waals surface area contributed by atoms with Gasteiger partial charge in [0.25, 0.3) is 0 Å². The van der Waals surface area contributed by atoms with Crippen LogP contribution in [0.25, 0.3) is 0 Å². The van der Waals surface area contributed by atoms with Gasteiger partial charge in [-0.2, -0.15) is 9.65 Å². The molecule has 1 fully saturated rings. The lowest BCUT2D eigenvalue weighted by molar-refractivity contribution is 0.0726. The first-order chi connectivity index (χ1) is 15.0. The Morgan fingerprint density at radius 1 is 1.00 bits per heavy atom. The SMILES string of the molecule is CCCCCC[C@H]1CC[C@H](c2ccc(C(=O)Oc3ccc(C#N)c(F)c3F)cc2)CC1. The number of benzene rings is 2. The minimum absolute atomic E-state index is 0.275. The van der Waals surface area contributed by atoms with E-state index in [2.05, 4.69) is 6.92 Å². The summed E-state index contributed by atoms with van der Waals surface area (Å²) in [6.45, 7) is 2.24. The second kappa shape index (κ2) is 11.0. The smallest absolute Gasteiger partial charge is 0.343 e. The number of hydrogen-bond acceptors (Lipinski definition) is 3. The van der Waals surface area contributed by atoms with Crippen molar-refractivity contribution in [3.05, 3.63) is 64.7 Å². The maximum absolute atomic E-state index is 14.0. The molecule has 0 radical (unpaired) electrons. The number of unbranched alkanes of at least 4 members (excludes halogenated alkanes) is 3. The monoisotopic (exact) mass is 425 g/mol. The van der Waals surface area contributed by atoms with Crippen molar-refractivity contribution in [3.63, 3.8) is 0 Å². The van der Waals surface area contributed by atoms with Crippen LogP contribution < -0.4 is 4.74 Å². The fourth-order valence-corrected chi connectivity index (χ4v) is 4.39. The summed E-state index contributed by atoms with van der Waals surface area (Å²) in [5.41, 5.74) is 1.05. The molecule has 5 heteroatoms. The Kier molecular flexibility index (Phi) is 8.17. The largest absolute Gasteiger partial charge is 0.420 e. The van der Waals surface area contributed by atoms with Gasteiger partial charge in [-0.15, -0.1) is 0 Å². The van der Waals surface area contributed by atoms with Gasteiger partial charge in [0.1, 0.15) is 6.07 Å². The first-order valence-electron chi connectivity index (χ1n) is 11.2. The van der Waals surface area contributed by atoms with Crippen molar-refractivity contribution in [1.82, 2.24) is 0 Å². The molecule has 3 nitrogen and oxygen atoms in total. The zero-order chi connectivity index (χ0) is 22.2. The highest BCUT2D eigenvalue weighted by Gasteiger charge is 2.23. The Morgan fingerprint density at radius 2 is 1.71 bits per heavy atom. The summed E-state index contributed by atoms with van der Waals surface area (Å²) >= 11 is 0. The zero-order valence-corrected chi connectivity index (χ0v) is 18.0. The average molecular weight is 426 g/mol. The molecule has 1 aliphatic rings. The molecule has 1 saturated carbocycles. The second-order valence-electron chi connectivity index (χ2n) is 8.43. The van der Waals surface area contributed by atoms with Crippen molar-refractivity contribution in [2.45, 2.75) is 70.6 Å². The highest BCUT2D eigenvalue weighted by atomic mass is 19.2. The molecule has 1 aliphatic carbocycles. The van der Waals surface area contributed by atoms with E-state index in [4.69, 9.17) is 10.00 Å². The van der Waals surface area contributed by atoms with Gasteiger partial charge in [-0.25, -0.2) is 9.18 Å². The van der Waals surface area contributed by atoms with E-state index in [1.807, 2.05) is 12.1 Å². The third-order valence-corrected chi connectivity index (χ3v) is 6.30. The zero-order valence-electron chi connectivity index (χ0n) is 18.0. The summed E-state index contributed by atoms with van der Waals surface area (Å²) in [7, 11) is 0. The van der Waals surface area contributed by atoms with E-state index in [9.17, 15) is 13.6 Å². The summed E-state index contributed by atoms with van der Waals surface area (Å²) in [6, 6.07) is 10.9. The predicted molar refractivity (Wildman–Crippen MR) is 116 cm³/mol. The maximum Gasteiger partial charge on any atom is 0.343 e. The third-order valence-electron chi connectivity index (χ3n) is 6.30. The van der Waals surface area contributed by atoms with Crippen molar-refractivity contribution in [3.8, 4) is 11.8 Å². The highest BCUT2D eigenvalue weighted by molar-refractivity contribution is 5.91. The topological polar surface area (TPSA) is 50.1 Å². The van der Waals surface area contributed by atoms with Gasteiger partial charge in [-0.05, 0) is 67.3 Å². The minimum Gasteiger partial charge on any atom is -0.420 e. The standard InChI is InChI=1S/C26H29F2NO2/c1-2-3-4-5-6-18-7-9-19(10-8-18)20-11-13-21(14-12-20)26(30)31-23-16-15-22(17-29)24(27)25(23)28/h11-16,18-19H,2-10H2,1H3/t18-,19-. The Balaban J connectivity index is 1.54. The molecule has 0 saturated heterocycles. The molecule has 2 aromatic rings. The molecular formula is C26H29F2NO2. The lowest BCUT2D eigenvalue weighted by atomic mass is 9.77. The molecule has 164 valence electrons. The normalized spacial score (nSPS) is 18.4. The third kappa shape index (κ3) is 5.91. The highest BCUT2D eigenvalue weighted by Crippen LogP contribution is 2.38. The van der Waals surface area contributed by atoms with E-state index in [-0.39, 0.29) is 5.56 Å². The Hall–Kier alpha value is -2.74. The maximum atomic E-state index is 14.0. The van der Waals surface area contributed by atoms with Crippen LogP contribution in [0.5, 0.6) is 5.75 Å². The molecule has 0 bridgehead atoms. The van der Waals surface area contributed by atoms with Crippen molar-refractivity contribution in [2.75, 3.05) is 0 Å². The van der Waals surface area contributed by atoms with Crippen molar-refractivity contribution in [1.29, 1.82) is 5.26 Å². The fraction of sp³-hybridized carbons (Fsp3) is 0.462. The van der Waals surface area contributed by atoms with Crippen molar-refractivity contribution in [2.24, 2.45) is 5.92 Å².